The molecule has 0 radical (unpaired) electrons. The van der Waals surface area contributed by atoms with Gasteiger partial charge >= 0.3 is 0 Å². The molecule has 3 rings (SSSR count). The number of halogens is 1. The van der Waals surface area contributed by atoms with Gasteiger partial charge in [0, 0.05) is 18.8 Å². The fourth-order valence-corrected chi connectivity index (χ4v) is 4.43. The molecule has 31 heavy (non-hydrogen) atoms. The Labute approximate surface area is 181 Å². The molecule has 0 bridgehead atoms. The highest BCUT2D eigenvalue weighted by Gasteiger charge is 2.23. The summed E-state index contributed by atoms with van der Waals surface area (Å²) in [6, 6.07) is 11.7. The topological polar surface area (TPSA) is 84.3 Å². The number of hydrogen-bond acceptors (Lipinski definition) is 4. The van der Waals surface area contributed by atoms with Crippen molar-refractivity contribution in [3.63, 3.8) is 0 Å². The van der Waals surface area contributed by atoms with Crippen LogP contribution in [0.1, 0.15) is 36.8 Å². The molecule has 0 aliphatic carbocycles. The van der Waals surface area contributed by atoms with E-state index in [0.717, 1.165) is 0 Å². The van der Waals surface area contributed by atoms with E-state index in [4.69, 9.17) is 0 Å². The summed E-state index contributed by atoms with van der Waals surface area (Å²) in [5.74, 6) is -0.711. The van der Waals surface area contributed by atoms with Gasteiger partial charge in [-0.05, 0) is 68.8 Å². The fraction of sp³-hybridized carbons (Fsp3) is 0.273. The molecule has 7 nitrogen and oxygen atoms in total. The van der Waals surface area contributed by atoms with E-state index in [9.17, 15) is 17.6 Å². The lowest BCUT2D eigenvalue weighted by Gasteiger charge is -2.21. The van der Waals surface area contributed by atoms with Gasteiger partial charge in [0.1, 0.15) is 5.82 Å². The van der Waals surface area contributed by atoms with Crippen molar-refractivity contribution in [2.75, 3.05) is 12.4 Å². The van der Waals surface area contributed by atoms with Crippen molar-refractivity contribution in [2.24, 2.45) is 0 Å². The number of nitrogens with zero attached hydrogens (tertiary/aromatic N) is 3. The lowest BCUT2D eigenvalue weighted by atomic mass is 10.2. The van der Waals surface area contributed by atoms with Crippen molar-refractivity contribution < 1.29 is 17.6 Å². The quantitative estimate of drug-likeness (QED) is 0.600. The van der Waals surface area contributed by atoms with Crippen molar-refractivity contribution in [2.45, 2.75) is 38.1 Å². The monoisotopic (exact) mass is 444 g/mol. The predicted octanol–water partition coefficient (Wildman–Crippen LogP) is 3.86. The second kappa shape index (κ2) is 8.99. The van der Waals surface area contributed by atoms with Crippen LogP contribution in [0.25, 0.3) is 5.69 Å². The maximum Gasteiger partial charge on any atom is 0.259 e. The minimum atomic E-state index is -3.60. The van der Waals surface area contributed by atoms with Gasteiger partial charge < -0.3 is 5.32 Å². The normalized spacial score (nSPS) is 11.8. The van der Waals surface area contributed by atoms with Crippen LogP contribution in [0.3, 0.4) is 0 Å². The van der Waals surface area contributed by atoms with Crippen LogP contribution in [-0.4, -0.2) is 41.5 Å². The molecular weight excluding hydrogens is 419 g/mol. The minimum Gasteiger partial charge on any atom is -0.322 e. The number of aromatic nitrogens is 2. The Kier molecular flexibility index (Phi) is 6.56. The van der Waals surface area contributed by atoms with Gasteiger partial charge in [-0.1, -0.05) is 6.92 Å². The summed E-state index contributed by atoms with van der Waals surface area (Å²) < 4.78 is 41.3. The number of hydrogen-bond donors (Lipinski definition) is 1. The predicted molar refractivity (Wildman–Crippen MR) is 117 cm³/mol. The highest BCUT2D eigenvalue weighted by molar-refractivity contribution is 7.89. The zero-order chi connectivity index (χ0) is 22.8. The van der Waals surface area contributed by atoms with Gasteiger partial charge in [-0.3, -0.25) is 4.79 Å². The Hall–Kier alpha value is -3.04. The molecule has 0 fully saturated rings. The number of sulfonamides is 1. The Morgan fingerprint density at radius 1 is 1.13 bits per heavy atom. The molecule has 1 amide bonds. The first kappa shape index (κ1) is 22.6. The summed E-state index contributed by atoms with van der Waals surface area (Å²) in [5.41, 5.74) is 2.19. The number of benzene rings is 2. The van der Waals surface area contributed by atoms with Crippen LogP contribution in [0.2, 0.25) is 0 Å². The molecule has 0 spiro atoms. The van der Waals surface area contributed by atoms with Gasteiger partial charge in [0.15, 0.2) is 0 Å². The van der Waals surface area contributed by atoms with E-state index in [-0.39, 0.29) is 22.7 Å². The number of rotatable bonds is 7. The average Bonchev–Trinajstić information content (AvgIpc) is 3.18. The van der Waals surface area contributed by atoms with Crippen molar-refractivity contribution in [3.8, 4) is 5.69 Å². The first-order valence-electron chi connectivity index (χ1n) is 9.87. The van der Waals surface area contributed by atoms with Crippen molar-refractivity contribution in [3.05, 3.63) is 71.8 Å². The van der Waals surface area contributed by atoms with E-state index in [1.54, 1.807) is 42.8 Å². The van der Waals surface area contributed by atoms with Crippen LogP contribution in [0.4, 0.5) is 10.1 Å². The third-order valence-corrected chi connectivity index (χ3v) is 7.08. The van der Waals surface area contributed by atoms with Crippen LogP contribution in [-0.2, 0) is 16.4 Å². The smallest absolute Gasteiger partial charge is 0.259 e. The summed E-state index contributed by atoms with van der Waals surface area (Å²) in [5, 5.41) is 7.06. The van der Waals surface area contributed by atoms with Gasteiger partial charge in [0.25, 0.3) is 5.91 Å². The van der Waals surface area contributed by atoms with E-state index < -0.39 is 10.0 Å². The highest BCUT2D eigenvalue weighted by Crippen LogP contribution is 2.21. The molecule has 9 heteroatoms. The SMILES string of the molecule is CCc1c(C(=O)Nc2ccc(S(=O)(=O)N(C)C(C)C)cc2)cnn1-c1ccc(F)cc1. The second-order valence-corrected chi connectivity index (χ2v) is 9.34. The van der Waals surface area contributed by atoms with Crippen LogP contribution >= 0.6 is 0 Å². The molecule has 0 unspecified atom stereocenters. The third kappa shape index (κ3) is 4.67. The molecular formula is C22H25FN4O3S. The molecule has 0 aliphatic rings. The molecule has 1 N–H and O–H groups in total. The zero-order valence-corrected chi connectivity index (χ0v) is 18.6. The first-order valence-corrected chi connectivity index (χ1v) is 11.3. The molecule has 0 saturated heterocycles. The Morgan fingerprint density at radius 3 is 2.29 bits per heavy atom. The zero-order valence-electron chi connectivity index (χ0n) is 17.8. The summed E-state index contributed by atoms with van der Waals surface area (Å²) in [6.45, 7) is 5.49. The highest BCUT2D eigenvalue weighted by atomic mass is 32.2. The number of carbonyl (C=O) groups excluding carboxylic acids is 1. The molecule has 2 aromatic carbocycles. The Morgan fingerprint density at radius 2 is 1.74 bits per heavy atom. The first-order chi connectivity index (χ1) is 14.6. The van der Waals surface area contributed by atoms with Crippen LogP contribution in [0, 0.1) is 5.82 Å². The maximum atomic E-state index is 13.2. The van der Waals surface area contributed by atoms with Crippen LogP contribution in [0.5, 0.6) is 0 Å². The molecule has 164 valence electrons. The van der Waals surface area contributed by atoms with Crippen LogP contribution in [0.15, 0.2) is 59.6 Å². The molecule has 0 saturated carbocycles. The lowest BCUT2D eigenvalue weighted by molar-refractivity contribution is 0.102. The summed E-state index contributed by atoms with van der Waals surface area (Å²) in [6.07, 6.45) is 2.01. The molecule has 1 aromatic heterocycles. The lowest BCUT2D eigenvalue weighted by Crippen LogP contribution is -2.33. The van der Waals surface area contributed by atoms with E-state index in [1.807, 2.05) is 6.92 Å². The van der Waals surface area contributed by atoms with E-state index in [1.165, 1.54) is 41.8 Å². The number of carbonyl (C=O) groups is 1. The summed E-state index contributed by atoms with van der Waals surface area (Å²) in [4.78, 5) is 13.0. The van der Waals surface area contributed by atoms with Crippen LogP contribution < -0.4 is 5.32 Å². The van der Waals surface area contributed by atoms with Gasteiger partial charge in [0.05, 0.1) is 28.0 Å². The van der Waals surface area contributed by atoms with Crippen molar-refractivity contribution >= 4 is 21.6 Å². The standard InChI is InChI=1S/C22H25FN4O3S/c1-5-21-20(14-24-27(21)18-10-6-16(23)7-11-18)22(28)25-17-8-12-19(13-9-17)31(29,30)26(4)15(2)3/h6-15H,5H2,1-4H3,(H,25,28). The van der Waals surface area contributed by atoms with Crippen molar-refractivity contribution in [1.29, 1.82) is 0 Å². The van der Waals surface area contributed by atoms with Crippen molar-refractivity contribution in [1.82, 2.24) is 14.1 Å². The largest absolute Gasteiger partial charge is 0.322 e. The van der Waals surface area contributed by atoms with E-state index in [0.29, 0.717) is 29.1 Å². The van der Waals surface area contributed by atoms with E-state index >= 15 is 0 Å². The summed E-state index contributed by atoms with van der Waals surface area (Å²) in [7, 11) is -2.07. The second-order valence-electron chi connectivity index (χ2n) is 7.34. The number of anilines is 1. The fourth-order valence-electron chi connectivity index (χ4n) is 3.06. The number of amides is 1. The molecule has 3 aromatic rings. The summed E-state index contributed by atoms with van der Waals surface area (Å²) >= 11 is 0. The Bertz CT molecular complexity index is 1170. The molecule has 0 aliphatic heterocycles. The minimum absolute atomic E-state index is 0.153. The Balaban J connectivity index is 1.82. The van der Waals surface area contributed by atoms with E-state index in [2.05, 4.69) is 10.4 Å². The number of nitrogens with one attached hydrogen (secondary N) is 1. The maximum absolute atomic E-state index is 13.2. The van der Waals surface area contributed by atoms with Gasteiger partial charge in [0.2, 0.25) is 10.0 Å². The average molecular weight is 445 g/mol. The molecule has 1 heterocycles. The molecule has 0 atom stereocenters. The third-order valence-electron chi connectivity index (χ3n) is 5.04. The van der Waals surface area contributed by atoms with Gasteiger partial charge in [-0.25, -0.2) is 17.5 Å². The van der Waals surface area contributed by atoms with Gasteiger partial charge in [-0.15, -0.1) is 0 Å². The van der Waals surface area contributed by atoms with Gasteiger partial charge in [-0.2, -0.15) is 9.40 Å².